The summed E-state index contributed by atoms with van der Waals surface area (Å²) in [6, 6.07) is 0.513. The van der Waals surface area contributed by atoms with Gasteiger partial charge in [0.2, 0.25) is 5.91 Å². The molecule has 0 bridgehead atoms. The monoisotopic (exact) mass is 269 g/mol. The zero-order valence-corrected chi connectivity index (χ0v) is 12.9. The summed E-state index contributed by atoms with van der Waals surface area (Å²) in [5.41, 5.74) is 0. The maximum absolute atomic E-state index is 12.0. The van der Waals surface area contributed by atoms with E-state index < -0.39 is 0 Å². The summed E-state index contributed by atoms with van der Waals surface area (Å²) in [5.74, 6) is 0.161. The second-order valence-corrected chi connectivity index (χ2v) is 5.76. The highest BCUT2D eigenvalue weighted by Gasteiger charge is 2.21. The normalized spacial score (nSPS) is 21.4. The fourth-order valence-electron chi connectivity index (χ4n) is 2.52. The van der Waals surface area contributed by atoms with Crippen molar-refractivity contribution in [1.82, 2.24) is 15.5 Å². The minimum atomic E-state index is -0.0367. The van der Waals surface area contributed by atoms with Gasteiger partial charge in [0.1, 0.15) is 0 Å². The predicted molar refractivity (Wildman–Crippen MR) is 80.3 cm³/mol. The number of unbranched alkanes of at least 4 members (excludes halogenated alkanes) is 2. The fraction of sp³-hybridized carbons (Fsp3) is 0.933. The molecule has 2 atom stereocenters. The van der Waals surface area contributed by atoms with Crippen molar-refractivity contribution >= 4 is 5.91 Å². The minimum absolute atomic E-state index is 0.0367. The molecular weight excluding hydrogens is 238 g/mol. The number of likely N-dealkylation sites (N-methyl/N-ethyl adjacent to an activating group) is 1. The van der Waals surface area contributed by atoms with Gasteiger partial charge in [-0.25, -0.2) is 0 Å². The van der Waals surface area contributed by atoms with Crippen molar-refractivity contribution in [3.8, 4) is 0 Å². The average molecular weight is 269 g/mol. The molecule has 1 saturated heterocycles. The number of amides is 1. The van der Waals surface area contributed by atoms with E-state index in [2.05, 4.69) is 22.5 Å². The van der Waals surface area contributed by atoms with Crippen molar-refractivity contribution in [2.24, 2.45) is 0 Å². The zero-order chi connectivity index (χ0) is 14.1. The molecule has 1 fully saturated rings. The zero-order valence-electron chi connectivity index (χ0n) is 12.9. The summed E-state index contributed by atoms with van der Waals surface area (Å²) in [6.07, 6.45) is 7.30. The summed E-state index contributed by atoms with van der Waals surface area (Å²) >= 11 is 0. The molecule has 2 N–H and O–H groups in total. The van der Waals surface area contributed by atoms with Crippen LogP contribution in [0.25, 0.3) is 0 Å². The highest BCUT2D eigenvalue weighted by Crippen LogP contribution is 2.09. The van der Waals surface area contributed by atoms with Gasteiger partial charge in [-0.05, 0) is 39.8 Å². The van der Waals surface area contributed by atoms with Crippen LogP contribution in [0.1, 0.15) is 52.4 Å². The molecule has 4 nitrogen and oxygen atoms in total. The van der Waals surface area contributed by atoms with Gasteiger partial charge >= 0.3 is 0 Å². The van der Waals surface area contributed by atoms with Gasteiger partial charge < -0.3 is 10.6 Å². The topological polar surface area (TPSA) is 44.4 Å². The van der Waals surface area contributed by atoms with Crippen LogP contribution in [0.15, 0.2) is 0 Å². The Labute approximate surface area is 118 Å². The Morgan fingerprint density at radius 3 is 2.84 bits per heavy atom. The van der Waals surface area contributed by atoms with Crippen molar-refractivity contribution in [1.29, 1.82) is 0 Å². The van der Waals surface area contributed by atoms with E-state index in [1.165, 1.54) is 32.1 Å². The smallest absolute Gasteiger partial charge is 0.237 e. The molecule has 0 spiro atoms. The van der Waals surface area contributed by atoms with Crippen LogP contribution in [-0.2, 0) is 4.79 Å². The van der Waals surface area contributed by atoms with Gasteiger partial charge in [-0.2, -0.15) is 0 Å². The van der Waals surface area contributed by atoms with Gasteiger partial charge in [-0.1, -0.05) is 26.2 Å². The van der Waals surface area contributed by atoms with Crippen LogP contribution in [0.4, 0.5) is 0 Å². The molecule has 1 rings (SSSR count). The van der Waals surface area contributed by atoms with Crippen LogP contribution in [0.5, 0.6) is 0 Å². The molecule has 0 aromatic rings. The molecule has 2 unspecified atom stereocenters. The van der Waals surface area contributed by atoms with Gasteiger partial charge in [-0.15, -0.1) is 0 Å². The summed E-state index contributed by atoms with van der Waals surface area (Å²) in [4.78, 5) is 14.2. The van der Waals surface area contributed by atoms with Crippen molar-refractivity contribution in [3.63, 3.8) is 0 Å². The van der Waals surface area contributed by atoms with Crippen molar-refractivity contribution < 1.29 is 4.79 Å². The van der Waals surface area contributed by atoms with Gasteiger partial charge in [0.05, 0.1) is 6.04 Å². The molecule has 1 amide bonds. The average Bonchev–Trinajstić information content (AvgIpc) is 2.43. The number of nitrogens with zero attached hydrogens (tertiary/aromatic N) is 1. The van der Waals surface area contributed by atoms with Crippen LogP contribution in [-0.4, -0.2) is 49.6 Å². The third kappa shape index (κ3) is 6.39. The second kappa shape index (κ2) is 9.32. The van der Waals surface area contributed by atoms with E-state index in [1.54, 1.807) is 0 Å². The summed E-state index contributed by atoms with van der Waals surface area (Å²) in [6.45, 7) is 7.07. The molecule has 0 aromatic carbocycles. The molecule has 1 aliphatic heterocycles. The second-order valence-electron chi connectivity index (χ2n) is 5.76. The first kappa shape index (κ1) is 16.4. The molecule has 4 heteroatoms. The van der Waals surface area contributed by atoms with E-state index in [1.807, 2.05) is 14.0 Å². The molecule has 0 saturated carbocycles. The first-order valence-electron chi connectivity index (χ1n) is 7.86. The summed E-state index contributed by atoms with van der Waals surface area (Å²) in [5, 5.41) is 6.56. The standard InChI is InChI=1S/C15H31N3O/c1-4-5-7-11-17-15(19)13(2)18(3)12-14-9-6-8-10-16-14/h13-14,16H,4-12H2,1-3H3,(H,17,19). The third-order valence-electron chi connectivity index (χ3n) is 4.04. The maximum atomic E-state index is 12.0. The minimum Gasteiger partial charge on any atom is -0.355 e. The Morgan fingerprint density at radius 2 is 2.21 bits per heavy atom. The Balaban J connectivity index is 2.21. The van der Waals surface area contributed by atoms with E-state index in [-0.39, 0.29) is 11.9 Å². The Kier molecular flexibility index (Phi) is 8.07. The Morgan fingerprint density at radius 1 is 1.42 bits per heavy atom. The van der Waals surface area contributed by atoms with Crippen molar-refractivity contribution in [2.75, 3.05) is 26.7 Å². The molecule has 19 heavy (non-hydrogen) atoms. The number of piperidine rings is 1. The largest absolute Gasteiger partial charge is 0.355 e. The predicted octanol–water partition coefficient (Wildman–Crippen LogP) is 1.76. The molecule has 112 valence electrons. The number of hydrogen-bond acceptors (Lipinski definition) is 3. The van der Waals surface area contributed by atoms with E-state index >= 15 is 0 Å². The number of carbonyl (C=O) groups excluding carboxylic acids is 1. The fourth-order valence-corrected chi connectivity index (χ4v) is 2.52. The molecule has 0 aromatic heterocycles. The molecular formula is C15H31N3O. The van der Waals surface area contributed by atoms with Crippen LogP contribution in [0.3, 0.4) is 0 Å². The molecule has 0 radical (unpaired) electrons. The van der Waals surface area contributed by atoms with Crippen LogP contribution >= 0.6 is 0 Å². The van der Waals surface area contributed by atoms with Crippen molar-refractivity contribution in [2.45, 2.75) is 64.5 Å². The van der Waals surface area contributed by atoms with E-state index in [9.17, 15) is 4.79 Å². The van der Waals surface area contributed by atoms with E-state index in [4.69, 9.17) is 0 Å². The van der Waals surface area contributed by atoms with Crippen LogP contribution in [0.2, 0.25) is 0 Å². The Bertz CT molecular complexity index is 252. The number of nitrogens with one attached hydrogen (secondary N) is 2. The third-order valence-corrected chi connectivity index (χ3v) is 4.04. The number of rotatable bonds is 8. The first-order chi connectivity index (χ1) is 9.15. The molecule has 1 heterocycles. The van der Waals surface area contributed by atoms with Gasteiger partial charge in [0.25, 0.3) is 0 Å². The van der Waals surface area contributed by atoms with Crippen molar-refractivity contribution in [3.05, 3.63) is 0 Å². The summed E-state index contributed by atoms with van der Waals surface area (Å²) < 4.78 is 0. The van der Waals surface area contributed by atoms with Gasteiger partial charge in [-0.3, -0.25) is 9.69 Å². The highest BCUT2D eigenvalue weighted by molar-refractivity contribution is 5.81. The quantitative estimate of drug-likeness (QED) is 0.660. The van der Waals surface area contributed by atoms with Gasteiger partial charge in [0, 0.05) is 19.1 Å². The van der Waals surface area contributed by atoms with E-state index in [0.29, 0.717) is 6.04 Å². The first-order valence-corrected chi connectivity index (χ1v) is 7.86. The lowest BCUT2D eigenvalue weighted by atomic mass is 10.0. The highest BCUT2D eigenvalue weighted by atomic mass is 16.2. The maximum Gasteiger partial charge on any atom is 0.237 e. The van der Waals surface area contributed by atoms with Crippen LogP contribution in [0, 0.1) is 0 Å². The lowest BCUT2D eigenvalue weighted by molar-refractivity contribution is -0.125. The lowest BCUT2D eigenvalue weighted by Gasteiger charge is -2.31. The number of carbonyl (C=O) groups is 1. The SMILES string of the molecule is CCCCCNC(=O)C(C)N(C)CC1CCCCN1. The van der Waals surface area contributed by atoms with Gasteiger partial charge in [0.15, 0.2) is 0 Å². The lowest BCUT2D eigenvalue weighted by Crippen LogP contribution is -2.49. The van der Waals surface area contributed by atoms with Crippen LogP contribution < -0.4 is 10.6 Å². The van der Waals surface area contributed by atoms with E-state index in [0.717, 1.165) is 26.1 Å². The number of hydrogen-bond donors (Lipinski definition) is 2. The molecule has 1 aliphatic rings. The summed E-state index contributed by atoms with van der Waals surface area (Å²) in [7, 11) is 2.05. The molecule has 0 aliphatic carbocycles. The Hall–Kier alpha value is -0.610.